The van der Waals surface area contributed by atoms with Crippen molar-refractivity contribution in [1.82, 2.24) is 15.8 Å². The minimum Gasteiger partial charge on any atom is -0.385 e. The van der Waals surface area contributed by atoms with Gasteiger partial charge in [-0.15, -0.1) is 0 Å². The SMILES string of the molecule is CCc1ccc(Nc2c(C(=O)N3CC(O)(CNNC)C3)ccc(F)c2F)c(F)c1. The van der Waals surface area contributed by atoms with Crippen molar-refractivity contribution in [2.45, 2.75) is 18.9 Å². The van der Waals surface area contributed by atoms with Crippen molar-refractivity contribution in [3.63, 3.8) is 0 Å². The van der Waals surface area contributed by atoms with Gasteiger partial charge in [0, 0.05) is 6.54 Å². The fourth-order valence-electron chi connectivity index (χ4n) is 3.21. The zero-order valence-corrected chi connectivity index (χ0v) is 16.2. The lowest BCUT2D eigenvalue weighted by molar-refractivity contribution is -0.0798. The molecule has 9 heteroatoms. The summed E-state index contributed by atoms with van der Waals surface area (Å²) >= 11 is 0. The van der Waals surface area contributed by atoms with E-state index < -0.39 is 34.6 Å². The predicted octanol–water partition coefficient (Wildman–Crippen LogP) is 2.32. The number of anilines is 2. The minimum atomic E-state index is -1.28. The summed E-state index contributed by atoms with van der Waals surface area (Å²) in [6.07, 6.45) is 0.621. The summed E-state index contributed by atoms with van der Waals surface area (Å²) in [6.45, 7) is 2.13. The molecule has 0 aliphatic carbocycles. The number of hydrogen-bond acceptors (Lipinski definition) is 5. The van der Waals surface area contributed by atoms with Crippen LogP contribution in [-0.4, -0.2) is 48.2 Å². The van der Waals surface area contributed by atoms with Crippen molar-refractivity contribution < 1.29 is 23.1 Å². The van der Waals surface area contributed by atoms with Gasteiger partial charge >= 0.3 is 0 Å². The largest absolute Gasteiger partial charge is 0.385 e. The highest BCUT2D eigenvalue weighted by Gasteiger charge is 2.44. The number of benzene rings is 2. The van der Waals surface area contributed by atoms with Gasteiger partial charge in [-0.3, -0.25) is 15.6 Å². The molecule has 0 unspecified atom stereocenters. The van der Waals surface area contributed by atoms with Gasteiger partial charge in [-0.25, -0.2) is 13.2 Å². The van der Waals surface area contributed by atoms with Crippen LogP contribution in [0.25, 0.3) is 0 Å². The molecule has 1 saturated heterocycles. The average Bonchev–Trinajstić information content (AvgIpc) is 2.68. The highest BCUT2D eigenvalue weighted by molar-refractivity contribution is 6.01. The summed E-state index contributed by atoms with van der Waals surface area (Å²) in [5.74, 6) is -3.66. The van der Waals surface area contributed by atoms with Crippen LogP contribution in [0.15, 0.2) is 30.3 Å². The van der Waals surface area contributed by atoms with E-state index in [4.69, 9.17) is 0 Å². The summed E-state index contributed by atoms with van der Waals surface area (Å²) in [7, 11) is 1.65. The van der Waals surface area contributed by atoms with Gasteiger partial charge in [0.25, 0.3) is 5.91 Å². The number of carbonyl (C=O) groups is 1. The number of carbonyl (C=O) groups excluding carboxylic acids is 1. The Kier molecular flexibility index (Phi) is 6.11. The molecule has 1 fully saturated rings. The first-order valence-electron chi connectivity index (χ1n) is 9.22. The lowest BCUT2D eigenvalue weighted by atomic mass is 9.93. The molecule has 2 aromatic rings. The van der Waals surface area contributed by atoms with E-state index in [2.05, 4.69) is 16.2 Å². The first-order chi connectivity index (χ1) is 13.8. The van der Waals surface area contributed by atoms with Crippen LogP contribution in [0.1, 0.15) is 22.8 Å². The number of amides is 1. The minimum absolute atomic E-state index is 0.0263. The van der Waals surface area contributed by atoms with Crippen LogP contribution in [0.3, 0.4) is 0 Å². The average molecular weight is 408 g/mol. The number of nitrogens with zero attached hydrogens (tertiary/aromatic N) is 1. The second kappa shape index (κ2) is 8.40. The number of halogens is 3. The number of aryl methyl sites for hydroxylation is 1. The number of β-amino-alcohol motifs (C(OH)–C–C–N with tert-alkyl or cyclic N) is 1. The Morgan fingerprint density at radius 3 is 2.52 bits per heavy atom. The van der Waals surface area contributed by atoms with Crippen molar-refractivity contribution in [3.8, 4) is 0 Å². The van der Waals surface area contributed by atoms with E-state index in [9.17, 15) is 23.1 Å². The molecule has 0 atom stereocenters. The van der Waals surface area contributed by atoms with Crippen molar-refractivity contribution in [2.24, 2.45) is 0 Å². The van der Waals surface area contributed by atoms with Crippen molar-refractivity contribution in [3.05, 3.63) is 58.9 Å². The van der Waals surface area contributed by atoms with Gasteiger partial charge in [0.2, 0.25) is 0 Å². The van der Waals surface area contributed by atoms with Crippen LogP contribution in [0.2, 0.25) is 0 Å². The van der Waals surface area contributed by atoms with Crippen LogP contribution >= 0.6 is 0 Å². The summed E-state index contributed by atoms with van der Waals surface area (Å²) in [4.78, 5) is 14.1. The second-order valence-corrected chi connectivity index (χ2v) is 7.07. The van der Waals surface area contributed by atoms with Crippen molar-refractivity contribution >= 4 is 17.3 Å². The Bertz CT molecular complexity index is 917. The Labute approximate surface area is 166 Å². The Morgan fingerprint density at radius 1 is 1.17 bits per heavy atom. The standard InChI is InChI=1S/C20H23F3N4O2/c1-3-12-4-7-16(15(22)8-12)26-18-13(5-6-14(21)17(18)23)19(28)27-10-20(29,11-27)9-25-24-2/h4-8,24-26,29H,3,9-11H2,1-2H3. The lowest BCUT2D eigenvalue weighted by Gasteiger charge is -2.46. The van der Waals surface area contributed by atoms with E-state index >= 15 is 0 Å². The van der Waals surface area contributed by atoms with E-state index in [1.165, 1.54) is 17.0 Å². The molecule has 0 radical (unpaired) electrons. The van der Waals surface area contributed by atoms with Gasteiger partial charge in [-0.2, -0.15) is 0 Å². The molecular weight excluding hydrogens is 385 g/mol. The van der Waals surface area contributed by atoms with Gasteiger partial charge in [0.15, 0.2) is 11.6 Å². The molecule has 1 amide bonds. The first-order valence-corrected chi connectivity index (χ1v) is 9.22. The van der Waals surface area contributed by atoms with Crippen LogP contribution in [0.5, 0.6) is 0 Å². The molecule has 1 aliphatic rings. The van der Waals surface area contributed by atoms with Crippen LogP contribution in [-0.2, 0) is 6.42 Å². The first kappa shape index (κ1) is 21.1. The van der Waals surface area contributed by atoms with Crippen molar-refractivity contribution in [2.75, 3.05) is 32.0 Å². The lowest BCUT2D eigenvalue weighted by Crippen LogP contribution is -2.68. The third kappa shape index (κ3) is 4.36. The zero-order valence-electron chi connectivity index (χ0n) is 16.2. The zero-order chi connectivity index (χ0) is 21.2. The van der Waals surface area contributed by atoms with Gasteiger partial charge in [-0.1, -0.05) is 13.0 Å². The second-order valence-electron chi connectivity index (χ2n) is 7.07. The summed E-state index contributed by atoms with van der Waals surface area (Å²) in [5.41, 5.74) is 4.42. The maximum absolute atomic E-state index is 14.5. The molecule has 0 spiro atoms. The topological polar surface area (TPSA) is 76.6 Å². The third-order valence-corrected chi connectivity index (χ3v) is 4.88. The normalized spacial score (nSPS) is 15.2. The Balaban J connectivity index is 1.86. The Hall–Kier alpha value is -2.62. The fraction of sp³-hybridized carbons (Fsp3) is 0.350. The van der Waals surface area contributed by atoms with Crippen LogP contribution < -0.4 is 16.2 Å². The fourth-order valence-corrected chi connectivity index (χ4v) is 3.21. The highest BCUT2D eigenvalue weighted by Crippen LogP contribution is 2.31. The van der Waals surface area contributed by atoms with E-state index in [0.29, 0.717) is 6.42 Å². The van der Waals surface area contributed by atoms with Gasteiger partial charge in [-0.05, 0) is 43.3 Å². The van der Waals surface area contributed by atoms with Crippen LogP contribution in [0.4, 0.5) is 24.5 Å². The molecule has 2 aromatic carbocycles. The molecule has 0 saturated carbocycles. The van der Waals surface area contributed by atoms with E-state index in [1.54, 1.807) is 13.1 Å². The van der Waals surface area contributed by atoms with E-state index in [-0.39, 0.29) is 30.9 Å². The van der Waals surface area contributed by atoms with Gasteiger partial charge in [0.05, 0.1) is 30.0 Å². The molecule has 6 nitrogen and oxygen atoms in total. The molecule has 0 bridgehead atoms. The number of aliphatic hydroxyl groups is 1. The molecule has 156 valence electrons. The highest BCUT2D eigenvalue weighted by atomic mass is 19.2. The summed E-state index contributed by atoms with van der Waals surface area (Å²) in [5, 5.41) is 12.8. The molecule has 0 aromatic heterocycles. The monoisotopic (exact) mass is 408 g/mol. The van der Waals surface area contributed by atoms with Gasteiger partial charge in [0.1, 0.15) is 11.4 Å². The molecule has 29 heavy (non-hydrogen) atoms. The number of nitrogens with one attached hydrogen (secondary N) is 3. The molecular formula is C20H23F3N4O2. The number of likely N-dealkylation sites (tertiary alicyclic amines) is 1. The summed E-state index contributed by atoms with van der Waals surface area (Å²) < 4.78 is 42.6. The molecule has 1 heterocycles. The number of hydrazine groups is 1. The van der Waals surface area contributed by atoms with Crippen LogP contribution in [0, 0.1) is 17.5 Å². The summed E-state index contributed by atoms with van der Waals surface area (Å²) in [6, 6.07) is 6.36. The van der Waals surface area contributed by atoms with E-state index in [1.807, 2.05) is 6.92 Å². The Morgan fingerprint density at radius 2 is 1.90 bits per heavy atom. The van der Waals surface area contributed by atoms with Crippen molar-refractivity contribution in [1.29, 1.82) is 0 Å². The smallest absolute Gasteiger partial charge is 0.256 e. The molecule has 1 aliphatic heterocycles. The van der Waals surface area contributed by atoms with E-state index in [0.717, 1.165) is 17.7 Å². The van der Waals surface area contributed by atoms with Gasteiger partial charge < -0.3 is 15.3 Å². The number of hydrogen-bond donors (Lipinski definition) is 4. The predicted molar refractivity (Wildman–Crippen MR) is 103 cm³/mol. The maximum atomic E-state index is 14.5. The maximum Gasteiger partial charge on any atom is 0.256 e. The number of rotatable bonds is 7. The molecule has 4 N–H and O–H groups in total. The third-order valence-electron chi connectivity index (χ3n) is 4.88. The quantitative estimate of drug-likeness (QED) is 0.529. The molecule has 3 rings (SSSR count).